The minimum Gasteiger partial charge on any atom is -0.508 e. The van der Waals surface area contributed by atoms with Crippen LogP contribution in [0.3, 0.4) is 0 Å². The van der Waals surface area contributed by atoms with E-state index in [4.69, 9.17) is 27.4 Å². The molecule has 0 fully saturated rings. The molecule has 4 aromatic rings. The summed E-state index contributed by atoms with van der Waals surface area (Å²) in [6.45, 7) is 9.04. The second-order valence-electron chi connectivity index (χ2n) is 13.2. The maximum atomic E-state index is 13.6. The third-order valence-corrected chi connectivity index (χ3v) is 8.38. The van der Waals surface area contributed by atoms with E-state index in [-0.39, 0.29) is 17.2 Å². The van der Waals surface area contributed by atoms with E-state index in [1.54, 1.807) is 6.07 Å². The summed E-state index contributed by atoms with van der Waals surface area (Å²) in [6, 6.07) is 17.8. The molecule has 0 saturated carbocycles. The molecule has 3 aromatic carbocycles. The van der Waals surface area contributed by atoms with Crippen LogP contribution in [0.15, 0.2) is 104 Å². The highest BCUT2D eigenvalue weighted by molar-refractivity contribution is 5.98. The van der Waals surface area contributed by atoms with Crippen molar-refractivity contribution in [1.29, 1.82) is 5.26 Å². The molecule has 0 bridgehead atoms. The average molecular weight is 865 g/mol. The van der Waals surface area contributed by atoms with E-state index in [0.717, 1.165) is 18.2 Å². The first kappa shape index (κ1) is 47.1. The molecule has 6 N–H and O–H groups in total. The lowest BCUT2D eigenvalue weighted by atomic mass is 10.1. The van der Waals surface area contributed by atoms with Gasteiger partial charge in [-0.2, -0.15) is 5.26 Å². The van der Waals surface area contributed by atoms with E-state index < -0.39 is 110 Å². The molecule has 0 saturated heterocycles. The van der Waals surface area contributed by atoms with Crippen molar-refractivity contribution in [3.8, 4) is 23.3 Å². The van der Waals surface area contributed by atoms with Crippen LogP contribution in [-0.2, 0) is 48.2 Å². The van der Waals surface area contributed by atoms with Crippen LogP contribution in [0.4, 0.5) is 0 Å². The van der Waals surface area contributed by atoms with Crippen LogP contribution in [0.1, 0.15) is 16.7 Å². The van der Waals surface area contributed by atoms with Gasteiger partial charge in [0.05, 0.1) is 32.8 Å². The van der Waals surface area contributed by atoms with Crippen LogP contribution in [0.2, 0.25) is 0 Å². The molecular weight excluding hydrogens is 828 g/mol. The highest BCUT2D eigenvalue weighted by Gasteiger charge is 2.24. The van der Waals surface area contributed by atoms with Gasteiger partial charge < -0.3 is 44.8 Å². The molecule has 3 atom stereocenters. The Morgan fingerprint density at radius 2 is 0.841 bits per heavy atom. The molecule has 0 aliphatic carbocycles. The average Bonchev–Trinajstić information content (AvgIpc) is 3.27. The number of phenolic OH excluding ortho intramolecular Hbond substituents is 3. The number of phenols is 3. The van der Waals surface area contributed by atoms with Crippen molar-refractivity contribution in [1.82, 2.24) is 13.7 Å². The Bertz CT molecular complexity index is 2400. The SMILES string of the molecule is [C-]#[N+]/C(=C\c1ccc(O)cc1)C(=O)OCC(O)Cn1c(=O)n(CC(O)COC(=O)/C(=C/c2ccc(O)cc2)[N+]#[C-])c(=O)n(CC(O)COC(=O)/C(C#N)=C/c2ccc(O)cc2)c1=O. The second kappa shape index (κ2) is 22.2. The number of hydrogen-bond acceptors (Lipinski definition) is 16. The summed E-state index contributed by atoms with van der Waals surface area (Å²) >= 11 is 0. The smallest absolute Gasteiger partial charge is 0.348 e. The zero-order valence-corrected chi connectivity index (χ0v) is 32.7. The van der Waals surface area contributed by atoms with E-state index in [2.05, 4.69) is 9.69 Å². The number of nitriles is 1. The number of benzene rings is 3. The van der Waals surface area contributed by atoms with Gasteiger partial charge in [0, 0.05) is 0 Å². The Balaban J connectivity index is 1.57. The van der Waals surface area contributed by atoms with Gasteiger partial charge in [0.15, 0.2) is 0 Å². The van der Waals surface area contributed by atoms with Crippen molar-refractivity contribution in [2.24, 2.45) is 0 Å². The molecule has 4 rings (SSSR count). The number of esters is 3. The van der Waals surface area contributed by atoms with Gasteiger partial charge in [0.25, 0.3) is 11.4 Å². The maximum Gasteiger partial charge on any atom is 0.348 e. The van der Waals surface area contributed by atoms with Crippen LogP contribution >= 0.6 is 0 Å². The van der Waals surface area contributed by atoms with Gasteiger partial charge in [-0.1, -0.05) is 36.4 Å². The predicted molar refractivity (Wildman–Crippen MR) is 217 cm³/mol. The highest BCUT2D eigenvalue weighted by Crippen LogP contribution is 2.17. The Morgan fingerprint density at radius 3 is 1.13 bits per heavy atom. The third kappa shape index (κ3) is 13.5. The van der Waals surface area contributed by atoms with E-state index in [9.17, 15) is 64.7 Å². The van der Waals surface area contributed by atoms with Crippen LogP contribution in [0.5, 0.6) is 17.2 Å². The summed E-state index contributed by atoms with van der Waals surface area (Å²) in [4.78, 5) is 85.0. The monoisotopic (exact) mass is 864 g/mol. The topological polar surface area (TPSA) is 299 Å². The number of aliphatic hydroxyl groups is 3. The van der Waals surface area contributed by atoms with Crippen molar-refractivity contribution < 1.29 is 59.2 Å². The summed E-state index contributed by atoms with van der Waals surface area (Å²) in [7, 11) is 0. The van der Waals surface area contributed by atoms with Crippen molar-refractivity contribution in [3.63, 3.8) is 0 Å². The molecule has 21 nitrogen and oxygen atoms in total. The largest absolute Gasteiger partial charge is 0.508 e. The lowest BCUT2D eigenvalue weighted by Gasteiger charge is -2.19. The molecule has 63 heavy (non-hydrogen) atoms. The minimum atomic E-state index is -1.86. The summed E-state index contributed by atoms with van der Waals surface area (Å²) in [5.41, 5.74) is -4.88. The quantitative estimate of drug-likeness (QED) is 0.0261. The number of aliphatic hydroxyl groups excluding tert-OH is 3. The molecule has 3 unspecified atom stereocenters. The molecule has 0 aliphatic heterocycles. The van der Waals surface area contributed by atoms with Gasteiger partial charge in [-0.3, -0.25) is 9.59 Å². The van der Waals surface area contributed by atoms with Crippen LogP contribution in [0, 0.1) is 24.5 Å². The van der Waals surface area contributed by atoms with Crippen molar-refractivity contribution in [2.75, 3.05) is 19.8 Å². The van der Waals surface area contributed by atoms with Gasteiger partial charge in [0.1, 0.15) is 67.0 Å². The Hall–Kier alpha value is -8.55. The van der Waals surface area contributed by atoms with Gasteiger partial charge >= 0.3 is 35.0 Å². The predicted octanol–water partition coefficient (Wildman–Crippen LogP) is 0.529. The zero-order chi connectivity index (χ0) is 46.2. The molecular formula is C42H36N6O15. The standard InChI is InChI=1S/C42H36N6O15/c1-44-35(16-26-5-11-30(50)12-6-26)38(56)62-23-33(53)20-47-40(58)46(19-32(52)22-61-37(55)28(18-43)15-25-3-9-29(49)10-4-25)41(59)48(42(47)60)21-34(54)24-63-39(57)36(45-2)17-27-7-13-31(51)14-8-27/h3-17,32-34,49-54H,19-24H2/b28-15+,35-16-,36-17-. The summed E-state index contributed by atoms with van der Waals surface area (Å²) in [5, 5.41) is 70.2. The number of hydrogen-bond donors (Lipinski definition) is 6. The number of aromatic hydroxyl groups is 3. The molecule has 0 spiro atoms. The Kier molecular flexibility index (Phi) is 16.6. The second-order valence-corrected chi connectivity index (χ2v) is 13.2. The van der Waals surface area contributed by atoms with Crippen LogP contribution < -0.4 is 17.1 Å². The van der Waals surface area contributed by atoms with Crippen LogP contribution in [-0.4, -0.2) is 100 Å². The fraction of sp³-hybridized carbons (Fsp3) is 0.214. The molecule has 1 aromatic heterocycles. The zero-order valence-electron chi connectivity index (χ0n) is 32.7. The van der Waals surface area contributed by atoms with E-state index in [1.807, 2.05) is 0 Å². The first-order valence-corrected chi connectivity index (χ1v) is 18.2. The normalized spacial score (nSPS) is 13.0. The summed E-state index contributed by atoms with van der Waals surface area (Å²) < 4.78 is 15.9. The van der Waals surface area contributed by atoms with Gasteiger partial charge in [0.2, 0.25) is 0 Å². The number of rotatable bonds is 18. The van der Waals surface area contributed by atoms with E-state index in [0.29, 0.717) is 30.4 Å². The number of carbonyl (C=O) groups is 3. The van der Waals surface area contributed by atoms with Gasteiger partial charge in [-0.15, -0.1) is 0 Å². The lowest BCUT2D eigenvalue weighted by molar-refractivity contribution is -0.142. The summed E-state index contributed by atoms with van der Waals surface area (Å²) in [5.74, 6) is -3.86. The molecule has 1 heterocycles. The van der Waals surface area contributed by atoms with E-state index in [1.165, 1.54) is 72.8 Å². The van der Waals surface area contributed by atoms with Crippen molar-refractivity contribution >= 4 is 36.1 Å². The fourth-order valence-corrected chi connectivity index (χ4v) is 5.29. The first-order chi connectivity index (χ1) is 30.0. The molecule has 0 aliphatic rings. The number of aromatic nitrogens is 3. The molecule has 324 valence electrons. The Labute approximate surface area is 355 Å². The maximum absolute atomic E-state index is 13.6. The molecule has 0 amide bonds. The molecule has 21 heteroatoms. The summed E-state index contributed by atoms with van der Waals surface area (Å²) in [6.07, 6.45) is -2.17. The number of carbonyl (C=O) groups excluding carboxylic acids is 3. The van der Waals surface area contributed by atoms with E-state index >= 15 is 0 Å². The van der Waals surface area contributed by atoms with Crippen molar-refractivity contribution in [3.05, 3.63) is 161 Å². The van der Waals surface area contributed by atoms with Crippen LogP contribution in [0.25, 0.3) is 27.9 Å². The number of ether oxygens (including phenoxy) is 3. The lowest BCUT2D eigenvalue weighted by Crippen LogP contribution is -2.57. The Morgan fingerprint density at radius 1 is 0.556 bits per heavy atom. The van der Waals surface area contributed by atoms with Gasteiger partial charge in [-0.25, -0.2) is 42.6 Å². The highest BCUT2D eigenvalue weighted by atomic mass is 16.6. The minimum absolute atomic E-state index is 0.0747. The third-order valence-electron chi connectivity index (χ3n) is 8.38. The molecule has 0 radical (unpaired) electrons. The van der Waals surface area contributed by atoms with Crippen molar-refractivity contribution in [2.45, 2.75) is 37.9 Å². The number of nitrogens with zero attached hydrogens (tertiary/aromatic N) is 6. The fourth-order valence-electron chi connectivity index (χ4n) is 5.29. The van der Waals surface area contributed by atoms with Gasteiger partial charge in [-0.05, 0) is 71.3 Å². The first-order valence-electron chi connectivity index (χ1n) is 18.2.